The van der Waals surface area contributed by atoms with E-state index in [1.807, 2.05) is 0 Å². The first kappa shape index (κ1) is 12.0. The van der Waals surface area contributed by atoms with Crippen molar-refractivity contribution in [3.05, 3.63) is 59.7 Å². The van der Waals surface area contributed by atoms with Crippen molar-refractivity contribution >= 4 is 15.9 Å². The molecule has 0 aliphatic heterocycles. The normalized spacial score (nSPS) is 10.3. The van der Waals surface area contributed by atoms with E-state index in [0.717, 1.165) is 0 Å². The first-order valence-corrected chi connectivity index (χ1v) is 6.10. The predicted molar refractivity (Wildman–Crippen MR) is 65.5 cm³/mol. The van der Waals surface area contributed by atoms with E-state index in [9.17, 15) is 8.78 Å². The van der Waals surface area contributed by atoms with Gasteiger partial charge in [-0.25, -0.2) is 8.78 Å². The zero-order valence-electron chi connectivity index (χ0n) is 8.79. The van der Waals surface area contributed by atoms with Gasteiger partial charge in [0, 0.05) is 10.9 Å². The van der Waals surface area contributed by atoms with E-state index in [2.05, 4.69) is 15.9 Å². The lowest BCUT2D eigenvalue weighted by Gasteiger charge is -2.10. The first-order chi connectivity index (χ1) is 8.22. The second kappa shape index (κ2) is 5.27. The molecule has 0 heterocycles. The third-order valence-electron chi connectivity index (χ3n) is 2.27. The molecule has 88 valence electrons. The van der Waals surface area contributed by atoms with Crippen LogP contribution in [0.2, 0.25) is 0 Å². The molecule has 0 saturated carbocycles. The number of hydrogen-bond acceptors (Lipinski definition) is 1. The van der Waals surface area contributed by atoms with Gasteiger partial charge in [-0.1, -0.05) is 34.1 Å². The maximum absolute atomic E-state index is 13.4. The summed E-state index contributed by atoms with van der Waals surface area (Å²) in [4.78, 5) is 0. The Balaban J connectivity index is 2.37. The molecular formula is C13H9BrF2O. The number of alkyl halides is 1. The van der Waals surface area contributed by atoms with Crippen LogP contribution in [0.15, 0.2) is 42.5 Å². The minimum atomic E-state index is -0.475. The smallest absolute Gasteiger partial charge is 0.165 e. The zero-order valence-corrected chi connectivity index (χ0v) is 10.4. The largest absolute Gasteiger partial charge is 0.454 e. The van der Waals surface area contributed by atoms with Crippen LogP contribution in [0, 0.1) is 11.6 Å². The van der Waals surface area contributed by atoms with Crippen LogP contribution in [-0.2, 0) is 5.33 Å². The molecule has 4 heteroatoms. The average Bonchev–Trinajstić information content (AvgIpc) is 2.32. The van der Waals surface area contributed by atoms with Crippen molar-refractivity contribution in [2.24, 2.45) is 0 Å². The fourth-order valence-corrected chi connectivity index (χ4v) is 1.95. The van der Waals surface area contributed by atoms with Gasteiger partial charge in [0.05, 0.1) is 0 Å². The van der Waals surface area contributed by atoms with E-state index >= 15 is 0 Å². The van der Waals surface area contributed by atoms with Crippen LogP contribution in [0.1, 0.15) is 5.56 Å². The summed E-state index contributed by atoms with van der Waals surface area (Å²) in [6, 6.07) is 10.5. The van der Waals surface area contributed by atoms with E-state index < -0.39 is 5.82 Å². The van der Waals surface area contributed by atoms with Gasteiger partial charge in [-0.2, -0.15) is 0 Å². The number of rotatable bonds is 3. The van der Waals surface area contributed by atoms with Gasteiger partial charge in [0.1, 0.15) is 11.6 Å². The van der Waals surface area contributed by atoms with Gasteiger partial charge in [0.2, 0.25) is 0 Å². The van der Waals surface area contributed by atoms with E-state index in [1.165, 1.54) is 24.3 Å². The van der Waals surface area contributed by atoms with Gasteiger partial charge in [-0.3, -0.25) is 0 Å². The number of hydrogen-bond donors (Lipinski definition) is 0. The fourth-order valence-electron chi connectivity index (χ4n) is 1.41. The molecule has 0 fully saturated rings. The Morgan fingerprint density at radius 2 is 1.53 bits per heavy atom. The molecule has 17 heavy (non-hydrogen) atoms. The third kappa shape index (κ3) is 2.64. The minimum Gasteiger partial charge on any atom is -0.454 e. The van der Waals surface area contributed by atoms with Crippen molar-refractivity contribution in [1.82, 2.24) is 0 Å². The number of halogens is 3. The molecule has 0 radical (unpaired) electrons. The monoisotopic (exact) mass is 298 g/mol. The van der Waals surface area contributed by atoms with Crippen molar-refractivity contribution in [1.29, 1.82) is 0 Å². The predicted octanol–water partition coefficient (Wildman–Crippen LogP) is 4.65. The van der Waals surface area contributed by atoms with Gasteiger partial charge >= 0.3 is 0 Å². The minimum absolute atomic E-state index is 0.0836. The molecule has 0 saturated heterocycles. The van der Waals surface area contributed by atoms with Crippen LogP contribution in [0.3, 0.4) is 0 Å². The summed E-state index contributed by atoms with van der Waals surface area (Å²) in [5.74, 6) is -0.458. The molecule has 0 aromatic heterocycles. The van der Waals surface area contributed by atoms with Gasteiger partial charge in [-0.05, 0) is 24.3 Å². The highest BCUT2D eigenvalue weighted by Crippen LogP contribution is 2.30. The number of ether oxygens (including phenoxy) is 1. The molecule has 2 aromatic carbocycles. The Labute approximate surface area is 106 Å². The summed E-state index contributed by atoms with van der Waals surface area (Å²) >= 11 is 3.18. The van der Waals surface area contributed by atoms with Crippen LogP contribution in [0.5, 0.6) is 11.5 Å². The van der Waals surface area contributed by atoms with Crippen molar-refractivity contribution in [2.45, 2.75) is 5.33 Å². The summed E-state index contributed by atoms with van der Waals surface area (Å²) in [6.07, 6.45) is 0. The Morgan fingerprint density at radius 3 is 2.24 bits per heavy atom. The van der Waals surface area contributed by atoms with E-state index in [1.54, 1.807) is 18.2 Å². The summed E-state index contributed by atoms with van der Waals surface area (Å²) in [6.45, 7) is 0. The molecule has 0 aliphatic carbocycles. The Kier molecular flexibility index (Phi) is 3.74. The lowest BCUT2D eigenvalue weighted by atomic mass is 10.2. The standard InChI is InChI=1S/C13H9BrF2O/c14-8-9-10(15)5-3-7-12(9)17-13-6-2-1-4-11(13)16/h1-7H,8H2. The molecule has 0 spiro atoms. The SMILES string of the molecule is Fc1ccccc1Oc1cccc(F)c1CBr. The summed E-state index contributed by atoms with van der Waals surface area (Å²) in [7, 11) is 0. The van der Waals surface area contributed by atoms with Crippen molar-refractivity contribution in [3.63, 3.8) is 0 Å². The second-order valence-electron chi connectivity index (χ2n) is 3.38. The molecule has 0 aliphatic rings. The van der Waals surface area contributed by atoms with Gasteiger partial charge < -0.3 is 4.74 Å². The summed E-state index contributed by atoms with van der Waals surface area (Å²) in [5.41, 5.74) is 0.371. The summed E-state index contributed by atoms with van der Waals surface area (Å²) < 4.78 is 32.2. The number of benzene rings is 2. The van der Waals surface area contributed by atoms with Crippen LogP contribution >= 0.6 is 15.9 Å². The highest BCUT2D eigenvalue weighted by Gasteiger charge is 2.10. The number of para-hydroxylation sites is 1. The van der Waals surface area contributed by atoms with Crippen LogP contribution < -0.4 is 4.74 Å². The summed E-state index contributed by atoms with van der Waals surface area (Å²) in [5, 5.41) is 0.309. The Hall–Kier alpha value is -1.42. The van der Waals surface area contributed by atoms with Crippen LogP contribution in [0.25, 0.3) is 0 Å². The lowest BCUT2D eigenvalue weighted by Crippen LogP contribution is -1.94. The lowest BCUT2D eigenvalue weighted by molar-refractivity contribution is 0.434. The topological polar surface area (TPSA) is 9.23 Å². The van der Waals surface area contributed by atoms with Crippen LogP contribution in [0.4, 0.5) is 8.78 Å². The molecule has 0 unspecified atom stereocenters. The van der Waals surface area contributed by atoms with Gasteiger partial charge in [-0.15, -0.1) is 0 Å². The van der Waals surface area contributed by atoms with Crippen molar-refractivity contribution < 1.29 is 13.5 Å². The second-order valence-corrected chi connectivity index (χ2v) is 3.94. The molecule has 0 bridgehead atoms. The molecular weight excluding hydrogens is 290 g/mol. The maximum Gasteiger partial charge on any atom is 0.165 e. The molecule has 0 atom stereocenters. The fraction of sp³-hybridized carbons (Fsp3) is 0.0769. The first-order valence-electron chi connectivity index (χ1n) is 4.98. The Bertz CT molecular complexity index is 529. The van der Waals surface area contributed by atoms with Crippen molar-refractivity contribution in [3.8, 4) is 11.5 Å². The molecule has 2 rings (SSSR count). The van der Waals surface area contributed by atoms with E-state index in [4.69, 9.17) is 4.74 Å². The van der Waals surface area contributed by atoms with Gasteiger partial charge in [0.15, 0.2) is 11.6 Å². The van der Waals surface area contributed by atoms with Crippen molar-refractivity contribution in [2.75, 3.05) is 0 Å². The molecule has 2 aromatic rings. The molecule has 0 N–H and O–H groups in total. The van der Waals surface area contributed by atoms with Crippen LogP contribution in [-0.4, -0.2) is 0 Å². The maximum atomic E-state index is 13.4. The Morgan fingerprint density at radius 1 is 0.882 bits per heavy atom. The van der Waals surface area contributed by atoms with E-state index in [0.29, 0.717) is 16.6 Å². The zero-order chi connectivity index (χ0) is 12.3. The highest BCUT2D eigenvalue weighted by atomic mass is 79.9. The third-order valence-corrected chi connectivity index (χ3v) is 2.83. The average molecular weight is 299 g/mol. The highest BCUT2D eigenvalue weighted by molar-refractivity contribution is 9.08. The van der Waals surface area contributed by atoms with E-state index in [-0.39, 0.29) is 11.6 Å². The van der Waals surface area contributed by atoms with Gasteiger partial charge in [0.25, 0.3) is 0 Å². The quantitative estimate of drug-likeness (QED) is 0.749. The molecule has 1 nitrogen and oxygen atoms in total. The molecule has 0 amide bonds.